The minimum absolute atomic E-state index is 0.231. The van der Waals surface area contributed by atoms with E-state index in [0.717, 1.165) is 17.7 Å². The van der Waals surface area contributed by atoms with Gasteiger partial charge in [0, 0.05) is 13.1 Å². The van der Waals surface area contributed by atoms with Gasteiger partial charge in [-0.15, -0.1) is 0 Å². The predicted molar refractivity (Wildman–Crippen MR) is 105 cm³/mol. The Morgan fingerprint density at radius 3 is 2.28 bits per heavy atom. The summed E-state index contributed by atoms with van der Waals surface area (Å²) in [5.41, 5.74) is 0.970. The molecule has 0 amide bonds. The number of hydrogen-bond acceptors (Lipinski definition) is 4. The molecule has 0 fully saturated rings. The summed E-state index contributed by atoms with van der Waals surface area (Å²) in [7, 11) is -2.02. The molecule has 0 bridgehead atoms. The van der Waals surface area contributed by atoms with Crippen LogP contribution in [0, 0.1) is 5.92 Å². The standard InChI is InChI=1S/C19H25NO3S2/c1-16(12-13-24)14-20(15-17-6-4-3-5-7-17)25(21,22)19-10-8-18(23-2)9-11-19/h3-11,16,24H,12-15H2,1-2H3. The fourth-order valence-corrected chi connectivity index (χ4v) is 4.58. The van der Waals surface area contributed by atoms with Crippen molar-refractivity contribution < 1.29 is 13.2 Å². The zero-order valence-corrected chi connectivity index (χ0v) is 16.3. The van der Waals surface area contributed by atoms with Gasteiger partial charge in [-0.1, -0.05) is 37.3 Å². The molecule has 136 valence electrons. The van der Waals surface area contributed by atoms with E-state index in [2.05, 4.69) is 19.6 Å². The van der Waals surface area contributed by atoms with Crippen molar-refractivity contribution in [1.29, 1.82) is 0 Å². The van der Waals surface area contributed by atoms with Crippen LogP contribution in [0.4, 0.5) is 0 Å². The van der Waals surface area contributed by atoms with Crippen LogP contribution in [0.25, 0.3) is 0 Å². The Labute approximate surface area is 156 Å². The second-order valence-electron chi connectivity index (χ2n) is 6.08. The highest BCUT2D eigenvalue weighted by atomic mass is 32.2. The topological polar surface area (TPSA) is 46.6 Å². The van der Waals surface area contributed by atoms with Gasteiger partial charge in [0.2, 0.25) is 10.0 Å². The summed E-state index contributed by atoms with van der Waals surface area (Å²) in [6, 6.07) is 16.2. The Hall–Kier alpha value is -1.50. The van der Waals surface area contributed by atoms with Gasteiger partial charge < -0.3 is 4.74 Å². The number of ether oxygens (including phenoxy) is 1. The van der Waals surface area contributed by atoms with Crippen LogP contribution in [0.2, 0.25) is 0 Å². The summed E-state index contributed by atoms with van der Waals surface area (Å²) in [6.07, 6.45) is 0.868. The van der Waals surface area contributed by atoms with Crippen molar-refractivity contribution in [2.75, 3.05) is 19.4 Å². The highest BCUT2D eigenvalue weighted by Crippen LogP contribution is 2.23. The lowest BCUT2D eigenvalue weighted by molar-refractivity contribution is 0.345. The van der Waals surface area contributed by atoms with Crippen molar-refractivity contribution in [3.63, 3.8) is 0 Å². The first-order valence-corrected chi connectivity index (χ1v) is 10.3. The Kier molecular flexibility index (Phi) is 7.35. The number of sulfonamides is 1. The molecule has 0 heterocycles. The SMILES string of the molecule is COc1ccc(S(=O)(=O)N(Cc2ccccc2)CC(C)CCS)cc1. The number of rotatable bonds is 9. The summed E-state index contributed by atoms with van der Waals surface area (Å²) in [6.45, 7) is 2.87. The molecule has 2 aromatic carbocycles. The van der Waals surface area contributed by atoms with E-state index in [-0.39, 0.29) is 10.8 Å². The van der Waals surface area contributed by atoms with Crippen LogP contribution in [0.5, 0.6) is 5.75 Å². The van der Waals surface area contributed by atoms with E-state index in [9.17, 15) is 8.42 Å². The first-order chi connectivity index (χ1) is 12.0. The van der Waals surface area contributed by atoms with Gasteiger partial charge in [-0.3, -0.25) is 0 Å². The third kappa shape index (κ3) is 5.49. The van der Waals surface area contributed by atoms with Crippen LogP contribution < -0.4 is 4.74 Å². The van der Waals surface area contributed by atoms with Gasteiger partial charge in [0.25, 0.3) is 0 Å². The van der Waals surface area contributed by atoms with Crippen LogP contribution in [0.1, 0.15) is 18.9 Å². The highest BCUT2D eigenvalue weighted by Gasteiger charge is 2.26. The molecular weight excluding hydrogens is 354 g/mol. The number of benzene rings is 2. The predicted octanol–water partition coefficient (Wildman–Crippen LogP) is 3.84. The fourth-order valence-electron chi connectivity index (χ4n) is 2.59. The van der Waals surface area contributed by atoms with E-state index >= 15 is 0 Å². The summed E-state index contributed by atoms with van der Waals surface area (Å²) >= 11 is 4.26. The lowest BCUT2D eigenvalue weighted by Gasteiger charge is -2.25. The van der Waals surface area contributed by atoms with Gasteiger partial charge in [-0.05, 0) is 47.9 Å². The van der Waals surface area contributed by atoms with E-state index < -0.39 is 10.0 Å². The maximum atomic E-state index is 13.1. The largest absolute Gasteiger partial charge is 0.497 e. The third-order valence-electron chi connectivity index (χ3n) is 4.04. The van der Waals surface area contributed by atoms with E-state index in [4.69, 9.17) is 4.74 Å². The van der Waals surface area contributed by atoms with Crippen LogP contribution in [0.3, 0.4) is 0 Å². The van der Waals surface area contributed by atoms with Crippen molar-refractivity contribution in [2.24, 2.45) is 5.92 Å². The van der Waals surface area contributed by atoms with E-state index in [0.29, 0.717) is 18.8 Å². The monoisotopic (exact) mass is 379 g/mol. The molecule has 0 spiro atoms. The van der Waals surface area contributed by atoms with Gasteiger partial charge in [0.15, 0.2) is 0 Å². The van der Waals surface area contributed by atoms with Crippen molar-refractivity contribution in [1.82, 2.24) is 4.31 Å². The normalized spacial score (nSPS) is 13.0. The molecule has 25 heavy (non-hydrogen) atoms. The maximum Gasteiger partial charge on any atom is 0.243 e. The van der Waals surface area contributed by atoms with Crippen LogP contribution >= 0.6 is 12.6 Å². The van der Waals surface area contributed by atoms with Gasteiger partial charge in [-0.25, -0.2) is 8.42 Å². The fraction of sp³-hybridized carbons (Fsp3) is 0.368. The average molecular weight is 380 g/mol. The van der Waals surface area contributed by atoms with Crippen molar-refractivity contribution in [2.45, 2.75) is 24.8 Å². The molecule has 0 saturated heterocycles. The lowest BCUT2D eigenvalue weighted by atomic mass is 10.1. The maximum absolute atomic E-state index is 13.1. The van der Waals surface area contributed by atoms with Gasteiger partial charge >= 0.3 is 0 Å². The molecule has 6 heteroatoms. The Bertz CT molecular complexity index is 746. The van der Waals surface area contributed by atoms with Crippen molar-refractivity contribution >= 4 is 22.7 Å². The zero-order chi connectivity index (χ0) is 18.3. The summed E-state index contributed by atoms with van der Waals surface area (Å²) in [4.78, 5) is 0.280. The smallest absolute Gasteiger partial charge is 0.243 e. The molecule has 0 aliphatic carbocycles. The Balaban J connectivity index is 2.30. The van der Waals surface area contributed by atoms with E-state index in [1.807, 2.05) is 30.3 Å². The van der Waals surface area contributed by atoms with Crippen LogP contribution in [-0.4, -0.2) is 32.1 Å². The minimum Gasteiger partial charge on any atom is -0.497 e. The molecule has 1 unspecified atom stereocenters. The van der Waals surface area contributed by atoms with E-state index in [1.54, 1.807) is 35.7 Å². The third-order valence-corrected chi connectivity index (χ3v) is 6.12. The highest BCUT2D eigenvalue weighted by molar-refractivity contribution is 7.89. The lowest BCUT2D eigenvalue weighted by Crippen LogP contribution is -2.34. The number of thiol groups is 1. The van der Waals surface area contributed by atoms with Crippen LogP contribution in [0.15, 0.2) is 59.5 Å². The van der Waals surface area contributed by atoms with Gasteiger partial charge in [0.05, 0.1) is 12.0 Å². The molecular formula is C19H25NO3S2. The number of methoxy groups -OCH3 is 1. The first kappa shape index (κ1) is 19.8. The molecule has 0 aromatic heterocycles. The molecule has 0 saturated carbocycles. The summed E-state index contributed by atoms with van der Waals surface area (Å²) in [5, 5.41) is 0. The Morgan fingerprint density at radius 2 is 1.72 bits per heavy atom. The molecule has 0 radical (unpaired) electrons. The van der Waals surface area contributed by atoms with Gasteiger partial charge in [-0.2, -0.15) is 16.9 Å². The summed E-state index contributed by atoms with van der Waals surface area (Å²) < 4.78 is 33.0. The second-order valence-corrected chi connectivity index (χ2v) is 8.46. The first-order valence-electron chi connectivity index (χ1n) is 8.26. The second kappa shape index (κ2) is 9.27. The quantitative estimate of drug-likeness (QED) is 0.673. The van der Waals surface area contributed by atoms with Crippen LogP contribution in [-0.2, 0) is 16.6 Å². The molecule has 2 rings (SSSR count). The molecule has 2 aromatic rings. The molecule has 0 aliphatic rings. The molecule has 4 nitrogen and oxygen atoms in total. The van der Waals surface area contributed by atoms with Gasteiger partial charge in [0.1, 0.15) is 5.75 Å². The average Bonchev–Trinajstić information content (AvgIpc) is 2.62. The molecule has 0 N–H and O–H groups in total. The van der Waals surface area contributed by atoms with Crippen molar-refractivity contribution in [3.05, 3.63) is 60.2 Å². The molecule has 0 aliphatic heterocycles. The number of nitrogens with zero attached hydrogens (tertiary/aromatic N) is 1. The van der Waals surface area contributed by atoms with E-state index in [1.165, 1.54) is 0 Å². The zero-order valence-electron chi connectivity index (χ0n) is 14.6. The Morgan fingerprint density at radius 1 is 1.08 bits per heavy atom. The summed E-state index contributed by atoms with van der Waals surface area (Å²) in [5.74, 6) is 1.61. The minimum atomic E-state index is -3.58. The van der Waals surface area contributed by atoms with Crippen molar-refractivity contribution in [3.8, 4) is 5.75 Å². The number of hydrogen-bond donors (Lipinski definition) is 1. The molecule has 1 atom stereocenters.